The molecule has 0 saturated heterocycles. The van der Waals surface area contributed by atoms with E-state index >= 15 is 0 Å². The molecule has 0 spiro atoms. The van der Waals surface area contributed by atoms with Gasteiger partial charge in [-0.1, -0.05) is 12.2 Å². The van der Waals surface area contributed by atoms with Crippen LogP contribution in [0, 0.1) is 5.92 Å². The van der Waals surface area contributed by atoms with Crippen LogP contribution in [0.25, 0.3) is 0 Å². The molecule has 0 amide bonds. The van der Waals surface area contributed by atoms with E-state index in [0.29, 0.717) is 37.0 Å². The van der Waals surface area contributed by atoms with Crippen LogP contribution in [-0.4, -0.2) is 36.0 Å². The molecule has 20 heavy (non-hydrogen) atoms. The number of carbonyl (C=O) groups excluding carboxylic acids is 3. The van der Waals surface area contributed by atoms with Crippen LogP contribution in [-0.2, 0) is 19.1 Å². The summed E-state index contributed by atoms with van der Waals surface area (Å²) in [6.07, 6.45) is 7.42. The Morgan fingerprint density at radius 1 is 1.30 bits per heavy atom. The summed E-state index contributed by atoms with van der Waals surface area (Å²) < 4.78 is 5.29. The smallest absolute Gasteiger partial charge is 0.184 e. The van der Waals surface area contributed by atoms with E-state index in [4.69, 9.17) is 4.74 Å². The summed E-state index contributed by atoms with van der Waals surface area (Å²) in [5, 5.41) is 0.263. The highest BCUT2D eigenvalue weighted by Crippen LogP contribution is 2.30. The molecule has 0 N–H and O–H groups in total. The van der Waals surface area contributed by atoms with Crippen molar-refractivity contribution in [1.29, 1.82) is 0 Å². The summed E-state index contributed by atoms with van der Waals surface area (Å²) in [4.78, 5) is 36.2. The normalized spacial score (nSPS) is 24.2. The molecule has 0 aromatic rings. The van der Waals surface area contributed by atoms with E-state index in [-0.39, 0.29) is 16.8 Å². The summed E-state index contributed by atoms with van der Waals surface area (Å²) in [6.45, 7) is 0. The molecule has 2 rings (SSSR count). The number of rotatable bonds is 4. The van der Waals surface area contributed by atoms with Gasteiger partial charge in [0.05, 0.1) is 12.7 Å². The minimum Gasteiger partial charge on any atom is -0.500 e. The van der Waals surface area contributed by atoms with Crippen LogP contribution in [0.4, 0.5) is 0 Å². The second-order valence-corrected chi connectivity index (χ2v) is 6.04. The molecule has 2 aliphatic carbocycles. The molecular weight excluding hydrogens is 276 g/mol. The molecule has 0 bridgehead atoms. The number of hydrogen-bond donors (Lipinski definition) is 0. The average Bonchev–Trinajstić information content (AvgIpc) is 2.46. The van der Waals surface area contributed by atoms with E-state index in [2.05, 4.69) is 0 Å². The van der Waals surface area contributed by atoms with Crippen molar-refractivity contribution in [2.75, 3.05) is 13.4 Å². The Morgan fingerprint density at radius 2 is 1.95 bits per heavy atom. The number of ketones is 3. The molecule has 0 heterocycles. The zero-order valence-corrected chi connectivity index (χ0v) is 12.5. The first kappa shape index (κ1) is 15.0. The van der Waals surface area contributed by atoms with E-state index in [9.17, 15) is 14.4 Å². The maximum Gasteiger partial charge on any atom is 0.184 e. The van der Waals surface area contributed by atoms with Gasteiger partial charge in [-0.25, -0.2) is 0 Å². The Kier molecular flexibility index (Phi) is 4.81. The molecule has 1 unspecified atom stereocenters. The van der Waals surface area contributed by atoms with Crippen LogP contribution < -0.4 is 0 Å². The van der Waals surface area contributed by atoms with Gasteiger partial charge in [0, 0.05) is 24.5 Å². The Bertz CT molecular complexity index is 488. The highest BCUT2D eigenvalue weighted by atomic mass is 32.2. The van der Waals surface area contributed by atoms with Gasteiger partial charge in [0.25, 0.3) is 0 Å². The monoisotopic (exact) mass is 294 g/mol. The number of allylic oxidation sites excluding steroid dienone is 3. The van der Waals surface area contributed by atoms with Gasteiger partial charge in [0.15, 0.2) is 17.3 Å². The lowest BCUT2D eigenvalue weighted by molar-refractivity contribution is -0.140. The number of Topliss-reactive ketones (excluding diaryl/α,β-unsaturated/α-hetero) is 3. The van der Waals surface area contributed by atoms with Crippen molar-refractivity contribution in [3.05, 3.63) is 23.5 Å². The molecule has 1 fully saturated rings. The number of methoxy groups -OCH3 is 1. The lowest BCUT2D eigenvalue weighted by Crippen LogP contribution is -2.36. The van der Waals surface area contributed by atoms with E-state index in [0.717, 1.165) is 0 Å². The lowest BCUT2D eigenvalue weighted by atomic mass is 9.80. The highest BCUT2D eigenvalue weighted by molar-refractivity contribution is 7.99. The Balaban J connectivity index is 2.27. The van der Waals surface area contributed by atoms with Crippen LogP contribution in [0.1, 0.15) is 25.7 Å². The van der Waals surface area contributed by atoms with Crippen LogP contribution in [0.15, 0.2) is 23.5 Å². The Hall–Kier alpha value is -1.36. The van der Waals surface area contributed by atoms with Crippen LogP contribution in [0.3, 0.4) is 0 Å². The number of hydrogen-bond acceptors (Lipinski definition) is 5. The van der Waals surface area contributed by atoms with Gasteiger partial charge in [-0.3, -0.25) is 14.4 Å². The van der Waals surface area contributed by atoms with Gasteiger partial charge in [-0.05, 0) is 12.7 Å². The second kappa shape index (κ2) is 6.39. The third-order valence-corrected chi connectivity index (χ3v) is 4.66. The molecule has 2 aliphatic rings. The second-order valence-electron chi connectivity index (χ2n) is 4.96. The molecule has 0 aromatic carbocycles. The fourth-order valence-corrected chi connectivity index (χ4v) is 3.14. The quantitative estimate of drug-likeness (QED) is 0.743. The van der Waals surface area contributed by atoms with E-state index in [1.807, 2.05) is 12.3 Å². The van der Waals surface area contributed by atoms with Gasteiger partial charge < -0.3 is 4.74 Å². The predicted molar refractivity (Wildman–Crippen MR) is 77.5 cm³/mol. The van der Waals surface area contributed by atoms with Crippen molar-refractivity contribution < 1.29 is 19.1 Å². The van der Waals surface area contributed by atoms with E-state index in [1.165, 1.54) is 7.11 Å². The van der Waals surface area contributed by atoms with Crippen molar-refractivity contribution in [3.8, 4) is 0 Å². The van der Waals surface area contributed by atoms with Crippen LogP contribution in [0.5, 0.6) is 0 Å². The minimum atomic E-state index is -1.11. The molecular formula is C15H18O4S. The first-order valence-electron chi connectivity index (χ1n) is 6.66. The molecule has 4 nitrogen and oxygen atoms in total. The minimum absolute atomic E-state index is 0.255. The van der Waals surface area contributed by atoms with Crippen LogP contribution >= 0.6 is 11.8 Å². The average molecular weight is 294 g/mol. The lowest BCUT2D eigenvalue weighted by Gasteiger charge is -2.23. The first-order valence-corrected chi connectivity index (χ1v) is 7.95. The number of ether oxygens (including phenoxy) is 1. The molecule has 5 heteroatoms. The Morgan fingerprint density at radius 3 is 2.50 bits per heavy atom. The zero-order chi connectivity index (χ0) is 14.7. The fraction of sp³-hybridized carbons (Fsp3) is 0.533. The van der Waals surface area contributed by atoms with Gasteiger partial charge >= 0.3 is 0 Å². The van der Waals surface area contributed by atoms with Gasteiger partial charge in [-0.2, -0.15) is 11.8 Å². The van der Waals surface area contributed by atoms with Crippen molar-refractivity contribution in [3.63, 3.8) is 0 Å². The van der Waals surface area contributed by atoms with Gasteiger partial charge in [-0.15, -0.1) is 0 Å². The number of carbonyl (C=O) groups is 3. The molecule has 108 valence electrons. The van der Waals surface area contributed by atoms with Crippen LogP contribution in [0.2, 0.25) is 0 Å². The molecule has 1 saturated carbocycles. The standard InChI is InChI=1S/C15H18O4S/c1-19-13-8-9(20-2)6-7-10(13)15(18)14-11(16)4-3-5-12(14)17/h6-7,9,14H,3-5,8H2,1-2H3. The highest BCUT2D eigenvalue weighted by Gasteiger charge is 2.38. The SMILES string of the molecule is COC1=C(C(=O)C2C(=O)CCCC2=O)C=CC(SC)C1. The summed E-state index contributed by atoms with van der Waals surface area (Å²) in [5.74, 6) is -1.45. The molecule has 0 aliphatic heterocycles. The molecule has 0 radical (unpaired) electrons. The van der Waals surface area contributed by atoms with Gasteiger partial charge in [0.1, 0.15) is 11.7 Å². The predicted octanol–water partition coefficient (Wildman–Crippen LogP) is 2.09. The first-order chi connectivity index (χ1) is 9.58. The topological polar surface area (TPSA) is 60.4 Å². The number of thioether (sulfide) groups is 1. The fourth-order valence-electron chi connectivity index (χ4n) is 2.58. The van der Waals surface area contributed by atoms with Crippen molar-refractivity contribution in [2.24, 2.45) is 5.92 Å². The maximum absolute atomic E-state index is 12.5. The van der Waals surface area contributed by atoms with E-state index in [1.54, 1.807) is 17.8 Å². The van der Waals surface area contributed by atoms with Crippen molar-refractivity contribution in [2.45, 2.75) is 30.9 Å². The third kappa shape index (κ3) is 2.87. The zero-order valence-electron chi connectivity index (χ0n) is 11.7. The molecule has 0 aromatic heterocycles. The maximum atomic E-state index is 12.5. The van der Waals surface area contributed by atoms with Crippen molar-refractivity contribution >= 4 is 29.1 Å². The Labute approximate surface area is 122 Å². The van der Waals surface area contributed by atoms with Gasteiger partial charge in [0.2, 0.25) is 0 Å². The van der Waals surface area contributed by atoms with Crippen molar-refractivity contribution in [1.82, 2.24) is 0 Å². The summed E-state index contributed by atoms with van der Waals surface area (Å²) in [7, 11) is 1.52. The third-order valence-electron chi connectivity index (χ3n) is 3.73. The summed E-state index contributed by atoms with van der Waals surface area (Å²) >= 11 is 1.67. The summed E-state index contributed by atoms with van der Waals surface area (Å²) in [5.41, 5.74) is 0.381. The molecule has 1 atom stereocenters. The summed E-state index contributed by atoms with van der Waals surface area (Å²) in [6, 6.07) is 0. The van der Waals surface area contributed by atoms with E-state index < -0.39 is 11.7 Å². The largest absolute Gasteiger partial charge is 0.500 e.